The Morgan fingerprint density at radius 3 is 2.30 bits per heavy atom. The first-order valence-corrected chi connectivity index (χ1v) is 17.6. The van der Waals surface area contributed by atoms with Crippen LogP contribution in [-0.4, -0.2) is 50.0 Å². The van der Waals surface area contributed by atoms with E-state index in [1.54, 1.807) is 18.2 Å². The first kappa shape index (κ1) is 35.6. The Morgan fingerprint density at radius 2 is 1.67 bits per heavy atom. The number of anilines is 1. The maximum absolute atomic E-state index is 14.0. The van der Waals surface area contributed by atoms with E-state index in [-0.39, 0.29) is 50.0 Å². The molecule has 4 rings (SSSR count). The number of sulfonamides is 1. The lowest BCUT2D eigenvalue weighted by Crippen LogP contribution is -2.52. The molecule has 46 heavy (non-hydrogen) atoms. The average molecular weight is 699 g/mol. The van der Waals surface area contributed by atoms with Crippen molar-refractivity contribution in [3.8, 4) is 0 Å². The minimum absolute atomic E-state index is 0.00220. The summed E-state index contributed by atoms with van der Waals surface area (Å²) in [5.74, 6) is -0.748. The van der Waals surface area contributed by atoms with Crippen molar-refractivity contribution in [2.45, 2.75) is 69.8 Å². The van der Waals surface area contributed by atoms with Crippen LogP contribution in [0.15, 0.2) is 72.8 Å². The molecule has 0 aliphatic heterocycles. The van der Waals surface area contributed by atoms with E-state index in [9.17, 15) is 31.2 Å². The van der Waals surface area contributed by atoms with Crippen LogP contribution in [0.5, 0.6) is 0 Å². The second-order valence-corrected chi connectivity index (χ2v) is 14.2. The molecule has 1 saturated carbocycles. The van der Waals surface area contributed by atoms with Crippen molar-refractivity contribution < 1.29 is 31.2 Å². The van der Waals surface area contributed by atoms with Crippen LogP contribution in [0.1, 0.15) is 55.2 Å². The molecule has 0 unspecified atom stereocenters. The van der Waals surface area contributed by atoms with Gasteiger partial charge < -0.3 is 10.2 Å². The van der Waals surface area contributed by atoms with Crippen LogP contribution >= 0.6 is 23.2 Å². The van der Waals surface area contributed by atoms with Gasteiger partial charge in [0.15, 0.2) is 0 Å². The second kappa shape index (κ2) is 15.5. The third kappa shape index (κ3) is 9.86. The Morgan fingerprint density at radius 1 is 0.978 bits per heavy atom. The molecule has 3 aromatic rings. The van der Waals surface area contributed by atoms with Crippen molar-refractivity contribution in [3.05, 3.63) is 99.5 Å². The van der Waals surface area contributed by atoms with E-state index in [0.717, 1.165) is 60.0 Å². The number of amides is 2. The number of carbonyl (C=O) groups is 2. The SMILES string of the molecule is CS(=O)(=O)N(CCCC(=O)N(Cc1ccc(Cl)cc1Cl)[C@@H](Cc1ccccc1)C(=O)NC1CCCC1)c1cccc(C(F)(F)F)c1. The highest BCUT2D eigenvalue weighted by atomic mass is 35.5. The fourth-order valence-corrected chi connectivity index (χ4v) is 7.02. The van der Waals surface area contributed by atoms with Crippen LogP contribution in [0.4, 0.5) is 18.9 Å². The Hall–Kier alpha value is -3.28. The van der Waals surface area contributed by atoms with Crippen LogP contribution in [0.25, 0.3) is 0 Å². The molecule has 13 heteroatoms. The van der Waals surface area contributed by atoms with Crippen molar-refractivity contribution >= 4 is 50.7 Å². The van der Waals surface area contributed by atoms with Crippen LogP contribution in [-0.2, 0) is 38.8 Å². The predicted molar refractivity (Wildman–Crippen MR) is 174 cm³/mol. The molecule has 1 aliphatic rings. The molecule has 3 aromatic carbocycles. The molecule has 0 bridgehead atoms. The van der Waals surface area contributed by atoms with E-state index in [1.807, 2.05) is 30.3 Å². The molecular weight excluding hydrogens is 662 g/mol. The first-order chi connectivity index (χ1) is 21.7. The van der Waals surface area contributed by atoms with Gasteiger partial charge in [-0.25, -0.2) is 8.42 Å². The van der Waals surface area contributed by atoms with Gasteiger partial charge in [0, 0.05) is 42.0 Å². The zero-order valence-electron chi connectivity index (χ0n) is 25.3. The molecule has 248 valence electrons. The molecule has 1 N–H and O–H groups in total. The zero-order chi connectivity index (χ0) is 33.5. The topological polar surface area (TPSA) is 86.8 Å². The lowest BCUT2D eigenvalue weighted by Gasteiger charge is -2.33. The minimum Gasteiger partial charge on any atom is -0.352 e. The number of hydrogen-bond donors (Lipinski definition) is 1. The van der Waals surface area contributed by atoms with Crippen molar-refractivity contribution in [1.82, 2.24) is 10.2 Å². The van der Waals surface area contributed by atoms with Crippen LogP contribution < -0.4 is 9.62 Å². The number of benzene rings is 3. The largest absolute Gasteiger partial charge is 0.416 e. The Bertz CT molecular complexity index is 1620. The van der Waals surface area contributed by atoms with E-state index in [2.05, 4.69) is 5.32 Å². The summed E-state index contributed by atoms with van der Waals surface area (Å²) in [6, 6.07) is 17.2. The van der Waals surface area contributed by atoms with Crippen LogP contribution in [0, 0.1) is 0 Å². The number of hydrogen-bond acceptors (Lipinski definition) is 4. The molecular formula is C33H36Cl2F3N3O4S. The van der Waals surface area contributed by atoms with Crippen molar-refractivity contribution in [3.63, 3.8) is 0 Å². The normalized spacial score (nSPS) is 14.6. The van der Waals surface area contributed by atoms with Crippen molar-refractivity contribution in [2.75, 3.05) is 17.1 Å². The molecule has 0 spiro atoms. The zero-order valence-corrected chi connectivity index (χ0v) is 27.6. The summed E-state index contributed by atoms with van der Waals surface area (Å²) in [6.45, 7) is -0.271. The summed E-state index contributed by atoms with van der Waals surface area (Å²) in [7, 11) is -3.99. The maximum atomic E-state index is 14.0. The quantitative estimate of drug-likeness (QED) is 0.204. The van der Waals surface area contributed by atoms with Gasteiger partial charge in [0.2, 0.25) is 21.8 Å². The van der Waals surface area contributed by atoms with Gasteiger partial charge in [0.25, 0.3) is 0 Å². The van der Waals surface area contributed by atoms with Gasteiger partial charge in [0.05, 0.1) is 17.5 Å². The Labute approximate surface area is 277 Å². The highest BCUT2D eigenvalue weighted by Gasteiger charge is 2.34. The highest BCUT2D eigenvalue weighted by Crippen LogP contribution is 2.32. The third-order valence-electron chi connectivity index (χ3n) is 7.94. The van der Waals surface area contributed by atoms with Crippen molar-refractivity contribution in [2.24, 2.45) is 0 Å². The van der Waals surface area contributed by atoms with E-state index in [1.165, 1.54) is 11.0 Å². The number of rotatable bonds is 13. The minimum atomic E-state index is -4.66. The van der Waals surface area contributed by atoms with Crippen molar-refractivity contribution in [1.29, 1.82) is 0 Å². The van der Waals surface area contributed by atoms with E-state index in [0.29, 0.717) is 15.6 Å². The monoisotopic (exact) mass is 697 g/mol. The molecule has 0 saturated heterocycles. The highest BCUT2D eigenvalue weighted by molar-refractivity contribution is 7.92. The average Bonchev–Trinajstić information content (AvgIpc) is 3.50. The van der Waals surface area contributed by atoms with Gasteiger partial charge >= 0.3 is 6.18 Å². The number of alkyl halides is 3. The van der Waals surface area contributed by atoms with Gasteiger partial charge in [-0.1, -0.05) is 78.5 Å². The summed E-state index contributed by atoms with van der Waals surface area (Å²) in [5, 5.41) is 3.83. The molecule has 2 amide bonds. The van der Waals surface area contributed by atoms with Gasteiger partial charge in [-0.2, -0.15) is 13.2 Å². The summed E-state index contributed by atoms with van der Waals surface area (Å²) in [6.07, 6.45) is -0.0581. The first-order valence-electron chi connectivity index (χ1n) is 14.9. The number of carbonyl (C=O) groups excluding carboxylic acids is 2. The van der Waals surface area contributed by atoms with Crippen LogP contribution in [0.3, 0.4) is 0 Å². The smallest absolute Gasteiger partial charge is 0.352 e. The summed E-state index contributed by atoms with van der Waals surface area (Å²) in [5.41, 5.74) is 0.250. The molecule has 7 nitrogen and oxygen atoms in total. The molecule has 0 aromatic heterocycles. The third-order valence-corrected chi connectivity index (χ3v) is 9.72. The van der Waals surface area contributed by atoms with E-state index < -0.39 is 33.7 Å². The lowest BCUT2D eigenvalue weighted by molar-refractivity contribution is -0.141. The number of halogens is 5. The van der Waals surface area contributed by atoms with E-state index in [4.69, 9.17) is 23.2 Å². The van der Waals surface area contributed by atoms with E-state index >= 15 is 0 Å². The number of nitrogens with one attached hydrogen (secondary N) is 1. The lowest BCUT2D eigenvalue weighted by atomic mass is 10.0. The fraction of sp³-hybridized carbons (Fsp3) is 0.394. The molecule has 0 radical (unpaired) electrons. The van der Waals surface area contributed by atoms with Gasteiger partial charge in [-0.05, 0) is 60.7 Å². The second-order valence-electron chi connectivity index (χ2n) is 11.4. The van der Waals surface area contributed by atoms with Gasteiger partial charge in [-0.15, -0.1) is 0 Å². The maximum Gasteiger partial charge on any atom is 0.416 e. The molecule has 1 aliphatic carbocycles. The van der Waals surface area contributed by atoms with Gasteiger partial charge in [0.1, 0.15) is 6.04 Å². The number of nitrogens with zero attached hydrogens (tertiary/aromatic N) is 2. The molecule has 0 heterocycles. The predicted octanol–water partition coefficient (Wildman–Crippen LogP) is 7.26. The molecule has 1 atom stereocenters. The van der Waals surface area contributed by atoms with Gasteiger partial charge in [-0.3, -0.25) is 13.9 Å². The summed E-state index contributed by atoms with van der Waals surface area (Å²) < 4.78 is 66.2. The standard InChI is InChI=1S/C33H36Cl2F3N3O4S/c1-46(44,45)41(28-14-7-11-25(20-28)33(36,37)38)18-8-15-31(42)40(22-24-16-17-26(34)21-29(24)35)30(19-23-9-3-2-4-10-23)32(43)39-27-12-5-6-13-27/h2-4,7,9-11,14,16-17,20-21,27,30H,5-6,8,12-13,15,18-19,22H2,1H3,(H,39,43)/t30-/m0/s1. The summed E-state index contributed by atoms with van der Waals surface area (Å²) >= 11 is 12.6. The Kier molecular flexibility index (Phi) is 12.0. The fourth-order valence-electron chi connectivity index (χ4n) is 5.60. The summed E-state index contributed by atoms with van der Waals surface area (Å²) in [4.78, 5) is 29.3. The van der Waals surface area contributed by atoms with Crippen LogP contribution in [0.2, 0.25) is 10.0 Å². The molecule has 1 fully saturated rings. The Balaban J connectivity index is 1.62.